The maximum atomic E-state index is 12.4. The molecule has 0 spiro atoms. The Morgan fingerprint density at radius 1 is 1.06 bits per heavy atom. The molecule has 7 heteroatoms. The van der Waals surface area contributed by atoms with Crippen molar-refractivity contribution in [3.63, 3.8) is 0 Å². The molecule has 0 aliphatic heterocycles. The molecule has 172 valence electrons. The summed E-state index contributed by atoms with van der Waals surface area (Å²) in [5.74, 6) is -0.396. The monoisotopic (exact) mass is 447 g/mol. The lowest BCUT2D eigenvalue weighted by Crippen LogP contribution is -2.34. The predicted molar refractivity (Wildman–Crippen MR) is 128 cm³/mol. The van der Waals surface area contributed by atoms with Crippen LogP contribution in [0.1, 0.15) is 57.9 Å². The number of nitroso groups, excluding NO2 is 1. The number of aryl methyl sites for hydroxylation is 2. The van der Waals surface area contributed by atoms with E-state index < -0.39 is 6.04 Å². The van der Waals surface area contributed by atoms with E-state index in [0.717, 1.165) is 16.7 Å². The standard InChI is InChI=1S/C26H29N3O4/c1-17-6-4-5-7-22(17)23(14-24(28-33)21-12-13-25(31)29(3)15-21)19-8-10-20(11-9-19)26(32)27-18(2)16-30/h4-13,15,18,23-24,30H,14,16H2,1-3H3,(H,27,32)/t18-,23?,24?/m1/s1. The minimum absolute atomic E-state index is 0.135. The molecule has 3 atom stereocenters. The fraction of sp³-hybridized carbons (Fsp3) is 0.308. The Morgan fingerprint density at radius 2 is 1.73 bits per heavy atom. The van der Waals surface area contributed by atoms with Crippen LogP contribution in [-0.4, -0.2) is 28.2 Å². The first-order valence-corrected chi connectivity index (χ1v) is 10.9. The van der Waals surface area contributed by atoms with E-state index in [1.54, 1.807) is 38.4 Å². The van der Waals surface area contributed by atoms with Gasteiger partial charge in [0.25, 0.3) is 5.91 Å². The van der Waals surface area contributed by atoms with E-state index in [9.17, 15) is 14.5 Å². The van der Waals surface area contributed by atoms with E-state index in [-0.39, 0.29) is 30.0 Å². The van der Waals surface area contributed by atoms with E-state index in [1.807, 2.05) is 43.3 Å². The van der Waals surface area contributed by atoms with Gasteiger partial charge in [-0.3, -0.25) is 9.59 Å². The molecule has 1 aromatic heterocycles. The number of rotatable bonds is 9. The zero-order valence-corrected chi connectivity index (χ0v) is 19.1. The molecule has 0 bridgehead atoms. The van der Waals surface area contributed by atoms with Crippen molar-refractivity contribution < 1.29 is 9.90 Å². The molecule has 2 N–H and O–H groups in total. The Morgan fingerprint density at radius 3 is 2.33 bits per heavy atom. The van der Waals surface area contributed by atoms with Crippen molar-refractivity contribution in [2.24, 2.45) is 12.2 Å². The van der Waals surface area contributed by atoms with Gasteiger partial charge in [0.1, 0.15) is 6.04 Å². The van der Waals surface area contributed by atoms with Gasteiger partial charge in [0, 0.05) is 36.8 Å². The van der Waals surface area contributed by atoms with Crippen molar-refractivity contribution in [3.8, 4) is 0 Å². The molecule has 0 fully saturated rings. The number of carbonyl (C=O) groups excluding carboxylic acids is 1. The van der Waals surface area contributed by atoms with Crippen molar-refractivity contribution in [3.05, 3.63) is 110 Å². The van der Waals surface area contributed by atoms with E-state index in [1.165, 1.54) is 10.6 Å². The largest absolute Gasteiger partial charge is 0.394 e. The van der Waals surface area contributed by atoms with Gasteiger partial charge in [-0.1, -0.05) is 41.6 Å². The number of aliphatic hydroxyl groups excluding tert-OH is 1. The third kappa shape index (κ3) is 5.81. The molecule has 1 heterocycles. The average Bonchev–Trinajstić information content (AvgIpc) is 2.82. The number of nitrogens with zero attached hydrogens (tertiary/aromatic N) is 2. The summed E-state index contributed by atoms with van der Waals surface area (Å²) in [6.07, 6.45) is 2.07. The first kappa shape index (κ1) is 24.1. The Balaban J connectivity index is 1.96. The van der Waals surface area contributed by atoms with Crippen LogP contribution in [-0.2, 0) is 7.05 Å². The number of pyridine rings is 1. The lowest BCUT2D eigenvalue weighted by Gasteiger charge is -2.23. The van der Waals surface area contributed by atoms with Crippen molar-refractivity contribution >= 4 is 5.91 Å². The number of aromatic nitrogens is 1. The van der Waals surface area contributed by atoms with Crippen LogP contribution in [0.5, 0.6) is 0 Å². The van der Waals surface area contributed by atoms with Gasteiger partial charge < -0.3 is 15.0 Å². The first-order chi connectivity index (χ1) is 15.8. The third-order valence-corrected chi connectivity index (χ3v) is 5.87. The molecular formula is C26H29N3O4. The second-order valence-corrected chi connectivity index (χ2v) is 8.36. The van der Waals surface area contributed by atoms with E-state index in [0.29, 0.717) is 17.5 Å². The molecule has 0 aliphatic carbocycles. The molecule has 1 amide bonds. The Labute approximate surface area is 193 Å². The number of nitrogens with one attached hydrogen (secondary N) is 1. The highest BCUT2D eigenvalue weighted by atomic mass is 16.3. The summed E-state index contributed by atoms with van der Waals surface area (Å²) in [5.41, 5.74) is 4.14. The Bertz CT molecular complexity index is 1170. The highest BCUT2D eigenvalue weighted by Crippen LogP contribution is 2.37. The summed E-state index contributed by atoms with van der Waals surface area (Å²) in [4.78, 5) is 36.0. The molecule has 0 saturated heterocycles. The number of hydrogen-bond donors (Lipinski definition) is 2. The highest BCUT2D eigenvalue weighted by Gasteiger charge is 2.24. The van der Waals surface area contributed by atoms with E-state index in [4.69, 9.17) is 5.11 Å². The predicted octanol–water partition coefficient (Wildman–Crippen LogP) is 3.83. The minimum Gasteiger partial charge on any atom is -0.394 e. The van der Waals surface area contributed by atoms with Crippen LogP contribution in [0.15, 0.2) is 76.8 Å². The second kappa shape index (κ2) is 10.8. The van der Waals surface area contributed by atoms with Crippen LogP contribution < -0.4 is 10.9 Å². The minimum atomic E-state index is -0.644. The second-order valence-electron chi connectivity index (χ2n) is 8.36. The summed E-state index contributed by atoms with van der Waals surface area (Å²) in [7, 11) is 1.65. The Kier molecular flexibility index (Phi) is 7.90. The molecule has 3 aromatic rings. The van der Waals surface area contributed by atoms with Crippen LogP contribution in [0.4, 0.5) is 0 Å². The topological polar surface area (TPSA) is 101 Å². The quantitative estimate of drug-likeness (QED) is 0.487. The smallest absolute Gasteiger partial charge is 0.251 e. The SMILES string of the molecule is Cc1ccccc1C(CC(N=O)c1ccc(=O)n(C)c1)c1ccc(C(=O)N[C@H](C)CO)cc1. The summed E-state index contributed by atoms with van der Waals surface area (Å²) < 4.78 is 1.44. The summed E-state index contributed by atoms with van der Waals surface area (Å²) in [6.45, 7) is 3.62. The van der Waals surface area contributed by atoms with Gasteiger partial charge in [0.15, 0.2) is 0 Å². The highest BCUT2D eigenvalue weighted by molar-refractivity contribution is 5.94. The van der Waals surface area contributed by atoms with Crippen molar-refractivity contribution in [1.29, 1.82) is 0 Å². The van der Waals surface area contributed by atoms with E-state index >= 15 is 0 Å². The zero-order valence-electron chi connectivity index (χ0n) is 19.1. The van der Waals surface area contributed by atoms with Crippen LogP contribution in [0.25, 0.3) is 0 Å². The number of amides is 1. The van der Waals surface area contributed by atoms with Gasteiger partial charge in [-0.15, -0.1) is 0 Å². The summed E-state index contributed by atoms with van der Waals surface area (Å²) in [6, 6.07) is 17.4. The van der Waals surface area contributed by atoms with Gasteiger partial charge in [-0.2, -0.15) is 4.91 Å². The van der Waals surface area contributed by atoms with Gasteiger partial charge in [-0.05, 0) is 60.7 Å². The van der Waals surface area contributed by atoms with Crippen molar-refractivity contribution in [2.75, 3.05) is 6.61 Å². The number of benzene rings is 2. The lowest BCUT2D eigenvalue weighted by atomic mass is 9.82. The fourth-order valence-corrected chi connectivity index (χ4v) is 3.92. The normalized spacial score (nSPS) is 13.7. The van der Waals surface area contributed by atoms with Gasteiger partial charge in [0.05, 0.1) is 6.61 Å². The van der Waals surface area contributed by atoms with Crippen LogP contribution >= 0.6 is 0 Å². The van der Waals surface area contributed by atoms with Crippen LogP contribution in [0.3, 0.4) is 0 Å². The zero-order chi connectivity index (χ0) is 24.0. The number of hydrogen-bond acceptors (Lipinski definition) is 5. The molecule has 2 unspecified atom stereocenters. The average molecular weight is 448 g/mol. The van der Waals surface area contributed by atoms with Crippen LogP contribution in [0.2, 0.25) is 0 Å². The third-order valence-electron chi connectivity index (χ3n) is 5.87. The maximum Gasteiger partial charge on any atom is 0.251 e. The molecule has 0 saturated carbocycles. The molecule has 7 nitrogen and oxygen atoms in total. The summed E-state index contributed by atoms with van der Waals surface area (Å²) in [5, 5.41) is 15.3. The van der Waals surface area contributed by atoms with Gasteiger partial charge in [-0.25, -0.2) is 0 Å². The molecular weight excluding hydrogens is 418 g/mol. The first-order valence-electron chi connectivity index (χ1n) is 10.9. The summed E-state index contributed by atoms with van der Waals surface area (Å²) >= 11 is 0. The van der Waals surface area contributed by atoms with E-state index in [2.05, 4.69) is 10.5 Å². The molecule has 3 rings (SSSR count). The fourth-order valence-electron chi connectivity index (χ4n) is 3.92. The van der Waals surface area contributed by atoms with Crippen molar-refractivity contribution in [2.45, 2.75) is 38.3 Å². The van der Waals surface area contributed by atoms with Crippen molar-refractivity contribution in [1.82, 2.24) is 9.88 Å². The maximum absolute atomic E-state index is 12.4. The molecule has 0 aliphatic rings. The van der Waals surface area contributed by atoms with Crippen LogP contribution in [0, 0.1) is 11.8 Å². The van der Waals surface area contributed by atoms with Gasteiger partial charge >= 0.3 is 0 Å². The molecule has 33 heavy (non-hydrogen) atoms. The molecule has 0 radical (unpaired) electrons. The Hall–Kier alpha value is -3.58. The molecule has 2 aromatic carbocycles. The number of carbonyl (C=O) groups is 1. The lowest BCUT2D eigenvalue weighted by molar-refractivity contribution is 0.0922. The van der Waals surface area contributed by atoms with Gasteiger partial charge in [0.2, 0.25) is 5.56 Å². The number of aliphatic hydroxyl groups is 1.